The predicted octanol–water partition coefficient (Wildman–Crippen LogP) is 2.77. The van der Waals surface area contributed by atoms with E-state index in [2.05, 4.69) is 17.2 Å². The highest BCUT2D eigenvalue weighted by Crippen LogP contribution is 2.47. The number of halogens is 1. The first-order valence-corrected chi connectivity index (χ1v) is 7.45. The van der Waals surface area contributed by atoms with Crippen molar-refractivity contribution in [1.29, 1.82) is 0 Å². The van der Waals surface area contributed by atoms with Crippen LogP contribution in [0.2, 0.25) is 5.02 Å². The van der Waals surface area contributed by atoms with E-state index in [0.717, 1.165) is 16.8 Å². The lowest BCUT2D eigenvalue weighted by atomic mass is 9.67. The van der Waals surface area contributed by atoms with Crippen LogP contribution in [0.4, 0.5) is 5.69 Å². The van der Waals surface area contributed by atoms with Gasteiger partial charge in [-0.1, -0.05) is 36.7 Å². The van der Waals surface area contributed by atoms with Crippen molar-refractivity contribution < 1.29 is 9.59 Å². The average molecular weight is 305 g/mol. The maximum Gasteiger partial charge on any atom is 0.237 e. The molecule has 110 valence electrons. The van der Waals surface area contributed by atoms with E-state index in [1.54, 1.807) is 12.1 Å². The first-order valence-electron chi connectivity index (χ1n) is 7.07. The van der Waals surface area contributed by atoms with Gasteiger partial charge in [0, 0.05) is 17.1 Å². The second kappa shape index (κ2) is 4.88. The van der Waals surface area contributed by atoms with E-state index >= 15 is 0 Å². The Morgan fingerprint density at radius 3 is 2.95 bits per heavy atom. The topological polar surface area (TPSA) is 58.2 Å². The molecule has 0 unspecified atom stereocenters. The molecule has 1 saturated heterocycles. The van der Waals surface area contributed by atoms with Gasteiger partial charge in [0.1, 0.15) is 5.41 Å². The second-order valence-corrected chi connectivity index (χ2v) is 6.06. The number of benzene rings is 1. The van der Waals surface area contributed by atoms with Crippen molar-refractivity contribution in [3.8, 4) is 0 Å². The number of rotatable bonds is 2. The average Bonchev–Trinajstić information content (AvgIpc) is 2.73. The molecule has 0 bridgehead atoms. The van der Waals surface area contributed by atoms with Crippen LogP contribution in [-0.2, 0) is 15.0 Å². The second-order valence-electron chi connectivity index (χ2n) is 5.63. The normalized spacial score (nSPS) is 27.2. The van der Waals surface area contributed by atoms with Gasteiger partial charge >= 0.3 is 0 Å². The van der Waals surface area contributed by atoms with Gasteiger partial charge in [-0.3, -0.25) is 9.59 Å². The van der Waals surface area contributed by atoms with Gasteiger partial charge in [0.2, 0.25) is 11.8 Å². The Morgan fingerprint density at radius 2 is 2.24 bits per heavy atom. The van der Waals surface area contributed by atoms with Crippen molar-refractivity contribution in [2.45, 2.75) is 37.6 Å². The Morgan fingerprint density at radius 1 is 1.48 bits per heavy atom. The van der Waals surface area contributed by atoms with Gasteiger partial charge in [-0.2, -0.15) is 0 Å². The zero-order valence-corrected chi connectivity index (χ0v) is 12.6. The summed E-state index contributed by atoms with van der Waals surface area (Å²) in [5.41, 5.74) is 1.73. The Bertz CT molecular complexity index is 656. The Hall–Kier alpha value is -1.81. The van der Waals surface area contributed by atoms with Crippen LogP contribution in [0.5, 0.6) is 0 Å². The minimum absolute atomic E-state index is 0.0320. The van der Waals surface area contributed by atoms with Crippen LogP contribution in [0.25, 0.3) is 0 Å². The van der Waals surface area contributed by atoms with Crippen molar-refractivity contribution >= 4 is 29.1 Å². The van der Waals surface area contributed by atoms with E-state index < -0.39 is 5.41 Å². The summed E-state index contributed by atoms with van der Waals surface area (Å²) in [6, 6.07) is 5.05. The third-order valence-electron chi connectivity index (χ3n) is 4.52. The highest BCUT2D eigenvalue weighted by molar-refractivity contribution is 6.31. The summed E-state index contributed by atoms with van der Waals surface area (Å²) >= 11 is 6.01. The lowest BCUT2D eigenvalue weighted by Crippen LogP contribution is -2.58. The molecule has 2 heterocycles. The molecule has 2 atom stereocenters. The van der Waals surface area contributed by atoms with Crippen LogP contribution in [0.3, 0.4) is 0 Å². The largest absolute Gasteiger partial charge is 0.348 e. The molecule has 0 saturated carbocycles. The number of anilines is 1. The van der Waals surface area contributed by atoms with Crippen molar-refractivity contribution in [2.24, 2.45) is 0 Å². The fourth-order valence-electron chi connectivity index (χ4n) is 3.37. The Labute approximate surface area is 128 Å². The van der Waals surface area contributed by atoms with Crippen LogP contribution in [-0.4, -0.2) is 17.9 Å². The maximum absolute atomic E-state index is 12.7. The lowest BCUT2D eigenvalue weighted by Gasteiger charge is -2.41. The molecule has 4 nitrogen and oxygen atoms in total. The molecule has 5 heteroatoms. The molecule has 2 aliphatic rings. The van der Waals surface area contributed by atoms with E-state index in [1.165, 1.54) is 0 Å². The Balaban J connectivity index is 2.16. The molecule has 0 radical (unpaired) electrons. The number of hydrogen-bond acceptors (Lipinski definition) is 2. The van der Waals surface area contributed by atoms with E-state index in [4.69, 9.17) is 11.6 Å². The zero-order valence-electron chi connectivity index (χ0n) is 11.8. The molecule has 3 rings (SSSR count). The van der Waals surface area contributed by atoms with Gasteiger partial charge in [-0.05, 0) is 30.5 Å². The van der Waals surface area contributed by atoms with Crippen LogP contribution >= 0.6 is 11.6 Å². The smallest absolute Gasteiger partial charge is 0.237 e. The molecule has 21 heavy (non-hydrogen) atoms. The van der Waals surface area contributed by atoms with E-state index in [9.17, 15) is 9.59 Å². The zero-order chi connectivity index (χ0) is 15.2. The molecule has 1 fully saturated rings. The van der Waals surface area contributed by atoms with Gasteiger partial charge in [0.05, 0.1) is 6.04 Å². The van der Waals surface area contributed by atoms with Crippen LogP contribution in [0.1, 0.15) is 31.7 Å². The molecule has 1 spiro atoms. The molecule has 0 aromatic heterocycles. The van der Waals surface area contributed by atoms with Gasteiger partial charge in [-0.25, -0.2) is 0 Å². The number of fused-ring (bicyclic) bond motifs is 2. The van der Waals surface area contributed by atoms with E-state index in [1.807, 2.05) is 13.0 Å². The number of piperidine rings is 1. The van der Waals surface area contributed by atoms with Crippen LogP contribution in [0, 0.1) is 0 Å². The van der Waals surface area contributed by atoms with Gasteiger partial charge in [0.25, 0.3) is 0 Å². The van der Waals surface area contributed by atoms with E-state index in [-0.39, 0.29) is 17.9 Å². The van der Waals surface area contributed by atoms with Crippen molar-refractivity contribution in [3.05, 3.63) is 40.9 Å². The Kier molecular flexibility index (Phi) is 3.29. The summed E-state index contributed by atoms with van der Waals surface area (Å²) in [4.78, 5) is 24.5. The summed E-state index contributed by atoms with van der Waals surface area (Å²) < 4.78 is 0. The summed E-state index contributed by atoms with van der Waals surface area (Å²) in [6.45, 7) is 6.03. The van der Waals surface area contributed by atoms with Gasteiger partial charge in [0.15, 0.2) is 0 Å². The number of carbonyl (C=O) groups is 2. The molecular weight excluding hydrogens is 288 g/mol. The fourth-order valence-corrected chi connectivity index (χ4v) is 3.54. The van der Waals surface area contributed by atoms with Crippen molar-refractivity contribution in [2.75, 3.05) is 5.32 Å². The predicted molar refractivity (Wildman–Crippen MR) is 82.4 cm³/mol. The highest BCUT2D eigenvalue weighted by Gasteiger charge is 2.55. The van der Waals surface area contributed by atoms with Gasteiger partial charge in [-0.15, -0.1) is 0 Å². The summed E-state index contributed by atoms with van der Waals surface area (Å²) in [5.74, 6) is -0.116. The number of nitrogens with one attached hydrogen (secondary N) is 2. The molecule has 2 amide bonds. The number of amides is 2. The highest BCUT2D eigenvalue weighted by atomic mass is 35.5. The minimum atomic E-state index is -0.763. The van der Waals surface area contributed by atoms with E-state index in [0.29, 0.717) is 24.3 Å². The monoisotopic (exact) mass is 304 g/mol. The third kappa shape index (κ3) is 1.97. The molecule has 0 aliphatic carbocycles. The summed E-state index contributed by atoms with van der Waals surface area (Å²) in [7, 11) is 0. The van der Waals surface area contributed by atoms with Crippen LogP contribution in [0.15, 0.2) is 30.4 Å². The number of carbonyl (C=O) groups excluding carboxylic acids is 2. The summed E-state index contributed by atoms with van der Waals surface area (Å²) in [5, 5.41) is 6.44. The summed E-state index contributed by atoms with van der Waals surface area (Å²) in [6.07, 6.45) is 1.54. The SMILES string of the molecule is C=C(CC)[C@H]1NC(=O)CC[C@]12C(=O)Nc1cc(Cl)ccc12. The molecular formula is C16H17ClN2O2. The quantitative estimate of drug-likeness (QED) is 0.825. The maximum atomic E-state index is 12.7. The minimum Gasteiger partial charge on any atom is -0.348 e. The molecule has 2 N–H and O–H groups in total. The first kappa shape index (κ1) is 14.1. The molecule has 1 aromatic rings. The fraction of sp³-hybridized carbons (Fsp3) is 0.375. The van der Waals surface area contributed by atoms with Crippen molar-refractivity contribution in [1.82, 2.24) is 5.32 Å². The standard InChI is InChI=1S/C16H17ClN2O2/c1-3-9(2)14-16(7-6-13(20)19-14)11-5-4-10(17)8-12(11)18-15(16)21/h4-5,8,14H,2-3,6-7H2,1H3,(H,18,21)(H,19,20)/t14-,16-/m1/s1. The van der Waals surface area contributed by atoms with Crippen LogP contribution < -0.4 is 10.6 Å². The van der Waals surface area contributed by atoms with Crippen molar-refractivity contribution in [3.63, 3.8) is 0 Å². The van der Waals surface area contributed by atoms with Gasteiger partial charge < -0.3 is 10.6 Å². The first-order chi connectivity index (χ1) is 9.99. The third-order valence-corrected chi connectivity index (χ3v) is 4.76. The molecule has 1 aromatic carbocycles. The number of hydrogen-bond donors (Lipinski definition) is 2. The lowest BCUT2D eigenvalue weighted by molar-refractivity contribution is -0.129. The molecule has 2 aliphatic heterocycles.